The van der Waals surface area contributed by atoms with E-state index in [0.29, 0.717) is 12.0 Å². The van der Waals surface area contributed by atoms with Crippen molar-refractivity contribution in [2.24, 2.45) is 11.7 Å². The fourth-order valence-electron chi connectivity index (χ4n) is 3.38. The summed E-state index contributed by atoms with van der Waals surface area (Å²) in [5.74, 6) is -3.40. The summed E-state index contributed by atoms with van der Waals surface area (Å²) < 4.78 is 5.32. The van der Waals surface area contributed by atoms with Gasteiger partial charge in [0.05, 0.1) is 5.92 Å². The molecule has 2 unspecified atom stereocenters. The highest BCUT2D eigenvalue weighted by molar-refractivity contribution is 5.91. The first-order chi connectivity index (χ1) is 11.9. The monoisotopic (exact) mass is 341 g/mol. The second kappa shape index (κ2) is 6.57. The number of aromatic hydroxyl groups is 1. The van der Waals surface area contributed by atoms with Gasteiger partial charge in [-0.1, -0.05) is 42.5 Å². The predicted octanol–water partition coefficient (Wildman–Crippen LogP) is 1.94. The van der Waals surface area contributed by atoms with Gasteiger partial charge in [0.25, 0.3) is 0 Å². The van der Waals surface area contributed by atoms with E-state index in [1.54, 1.807) is 24.3 Å². The molecule has 0 heterocycles. The predicted molar refractivity (Wildman–Crippen MR) is 89.7 cm³/mol. The van der Waals surface area contributed by atoms with Gasteiger partial charge in [-0.25, -0.2) is 4.79 Å². The zero-order valence-corrected chi connectivity index (χ0v) is 13.5. The molecule has 25 heavy (non-hydrogen) atoms. The first-order valence-electron chi connectivity index (χ1n) is 7.98. The van der Waals surface area contributed by atoms with E-state index in [4.69, 9.17) is 10.5 Å². The van der Waals surface area contributed by atoms with Crippen molar-refractivity contribution in [1.29, 1.82) is 0 Å². The number of esters is 1. The van der Waals surface area contributed by atoms with Crippen LogP contribution in [-0.4, -0.2) is 22.2 Å². The molecule has 2 atom stereocenters. The van der Waals surface area contributed by atoms with E-state index in [9.17, 15) is 19.8 Å². The first-order valence-corrected chi connectivity index (χ1v) is 7.98. The molecule has 0 saturated heterocycles. The maximum atomic E-state index is 12.8. The van der Waals surface area contributed by atoms with Gasteiger partial charge in [-0.15, -0.1) is 0 Å². The molecule has 0 radical (unpaired) electrons. The van der Waals surface area contributed by atoms with Gasteiger partial charge >= 0.3 is 11.9 Å². The number of hydrogen-bond donors (Lipinski definition) is 3. The van der Waals surface area contributed by atoms with Gasteiger partial charge in [0.1, 0.15) is 12.4 Å². The summed E-state index contributed by atoms with van der Waals surface area (Å²) in [7, 11) is 0. The number of rotatable bonds is 4. The summed E-state index contributed by atoms with van der Waals surface area (Å²) in [6.45, 7) is -0.0199. The number of nitrogens with two attached hydrogens (primary N) is 1. The van der Waals surface area contributed by atoms with E-state index in [2.05, 4.69) is 0 Å². The standard InChI is InChI=1S/C19H19NO5/c20-19(18(24)25-11-12-5-2-1-3-6-12)14(17(22)23)10-9-13-7-4-8-15(21)16(13)19/h1-8,14,21H,9-11,20H2,(H,22,23). The number of carboxylic acid groups (broad SMARTS) is 1. The largest absolute Gasteiger partial charge is 0.508 e. The molecule has 1 aliphatic rings. The van der Waals surface area contributed by atoms with E-state index in [1.807, 2.05) is 18.2 Å². The highest BCUT2D eigenvalue weighted by Gasteiger charge is 2.53. The van der Waals surface area contributed by atoms with E-state index in [0.717, 1.165) is 5.56 Å². The SMILES string of the molecule is NC1(C(=O)OCc2ccccc2)c2c(O)cccc2CCC1C(=O)O. The van der Waals surface area contributed by atoms with Gasteiger partial charge < -0.3 is 20.7 Å². The van der Waals surface area contributed by atoms with Crippen molar-refractivity contribution in [3.8, 4) is 5.75 Å². The fraction of sp³-hybridized carbons (Fsp3) is 0.263. The number of carbonyl (C=O) groups excluding carboxylic acids is 1. The van der Waals surface area contributed by atoms with Crippen LogP contribution in [0, 0.1) is 5.92 Å². The van der Waals surface area contributed by atoms with Crippen LogP contribution >= 0.6 is 0 Å². The van der Waals surface area contributed by atoms with Gasteiger partial charge in [-0.3, -0.25) is 4.79 Å². The molecule has 0 amide bonds. The molecule has 0 aliphatic heterocycles. The molecule has 6 heteroatoms. The van der Waals surface area contributed by atoms with Crippen molar-refractivity contribution >= 4 is 11.9 Å². The first kappa shape index (κ1) is 17.0. The summed E-state index contributed by atoms with van der Waals surface area (Å²) in [5, 5.41) is 19.8. The molecule has 2 aromatic carbocycles. The van der Waals surface area contributed by atoms with Crippen molar-refractivity contribution < 1.29 is 24.5 Å². The molecule has 0 fully saturated rings. The lowest BCUT2D eigenvalue weighted by atomic mass is 9.69. The lowest BCUT2D eigenvalue weighted by Crippen LogP contribution is -2.56. The maximum Gasteiger partial charge on any atom is 0.332 e. The summed E-state index contributed by atoms with van der Waals surface area (Å²) in [6, 6.07) is 13.8. The van der Waals surface area contributed by atoms with Gasteiger partial charge in [0.15, 0.2) is 5.54 Å². The number of benzene rings is 2. The van der Waals surface area contributed by atoms with Gasteiger partial charge in [-0.05, 0) is 30.0 Å². The maximum absolute atomic E-state index is 12.8. The topological polar surface area (TPSA) is 110 Å². The highest BCUT2D eigenvalue weighted by atomic mass is 16.5. The van der Waals surface area contributed by atoms with Gasteiger partial charge in [0.2, 0.25) is 0 Å². The van der Waals surface area contributed by atoms with Crippen LogP contribution in [-0.2, 0) is 32.9 Å². The quantitative estimate of drug-likeness (QED) is 0.733. The molecule has 130 valence electrons. The fourth-order valence-corrected chi connectivity index (χ4v) is 3.38. The Morgan fingerprint density at radius 1 is 1.16 bits per heavy atom. The van der Waals surface area contributed by atoms with Crippen LogP contribution in [0.3, 0.4) is 0 Å². The molecule has 4 N–H and O–H groups in total. The number of carbonyl (C=O) groups is 2. The van der Waals surface area contributed by atoms with Crippen molar-refractivity contribution in [3.63, 3.8) is 0 Å². The summed E-state index contributed by atoms with van der Waals surface area (Å²) >= 11 is 0. The molecule has 6 nitrogen and oxygen atoms in total. The Morgan fingerprint density at radius 3 is 2.56 bits per heavy atom. The Hall–Kier alpha value is -2.86. The zero-order chi connectivity index (χ0) is 18.0. The number of phenols is 1. The molecule has 0 spiro atoms. The van der Waals surface area contributed by atoms with Gasteiger partial charge in [0, 0.05) is 5.56 Å². The zero-order valence-electron chi connectivity index (χ0n) is 13.5. The van der Waals surface area contributed by atoms with E-state index >= 15 is 0 Å². The lowest BCUT2D eigenvalue weighted by molar-refractivity contribution is -0.162. The van der Waals surface area contributed by atoms with Crippen molar-refractivity contribution in [1.82, 2.24) is 0 Å². The van der Waals surface area contributed by atoms with Gasteiger partial charge in [-0.2, -0.15) is 0 Å². The van der Waals surface area contributed by atoms with Crippen molar-refractivity contribution in [2.45, 2.75) is 25.0 Å². The minimum absolute atomic E-state index is 0.0199. The molecular weight excluding hydrogens is 322 g/mol. The second-order valence-electron chi connectivity index (χ2n) is 6.17. The summed E-state index contributed by atoms with van der Waals surface area (Å²) in [6.07, 6.45) is 0.619. The Bertz CT molecular complexity index is 805. The second-order valence-corrected chi connectivity index (χ2v) is 6.17. The Morgan fingerprint density at radius 2 is 1.88 bits per heavy atom. The molecule has 2 aromatic rings. The highest BCUT2D eigenvalue weighted by Crippen LogP contribution is 2.43. The average molecular weight is 341 g/mol. The molecule has 0 aromatic heterocycles. The van der Waals surface area contributed by atoms with Crippen molar-refractivity contribution in [3.05, 3.63) is 65.2 Å². The average Bonchev–Trinajstić information content (AvgIpc) is 2.60. The van der Waals surface area contributed by atoms with Crippen molar-refractivity contribution in [2.75, 3.05) is 0 Å². The van der Waals surface area contributed by atoms with Crippen LogP contribution in [0.1, 0.15) is 23.1 Å². The van der Waals surface area contributed by atoms with E-state index < -0.39 is 23.4 Å². The summed E-state index contributed by atoms with van der Waals surface area (Å²) in [4.78, 5) is 24.5. The van der Waals surface area contributed by atoms with Crippen LogP contribution < -0.4 is 5.73 Å². The third-order valence-electron chi connectivity index (χ3n) is 4.64. The number of hydrogen-bond acceptors (Lipinski definition) is 5. The van der Waals surface area contributed by atoms with Crippen LogP contribution in [0.4, 0.5) is 0 Å². The third kappa shape index (κ3) is 2.96. The Kier molecular flexibility index (Phi) is 4.46. The molecule has 3 rings (SSSR count). The summed E-state index contributed by atoms with van der Waals surface area (Å²) in [5.41, 5.74) is 5.95. The third-order valence-corrected chi connectivity index (χ3v) is 4.64. The van der Waals surface area contributed by atoms with Crippen LogP contribution in [0.25, 0.3) is 0 Å². The normalized spacial score (nSPS) is 22.0. The number of ether oxygens (including phenoxy) is 1. The Labute approximate surface area is 144 Å². The van der Waals surface area contributed by atoms with E-state index in [1.165, 1.54) is 6.07 Å². The van der Waals surface area contributed by atoms with Crippen LogP contribution in [0.15, 0.2) is 48.5 Å². The minimum atomic E-state index is -1.93. The molecule has 1 aliphatic carbocycles. The Balaban J connectivity index is 1.97. The number of fused-ring (bicyclic) bond motifs is 1. The smallest absolute Gasteiger partial charge is 0.332 e. The number of aliphatic carboxylic acids is 1. The lowest BCUT2D eigenvalue weighted by Gasteiger charge is -2.38. The number of carboxylic acids is 1. The molecular formula is C19H19NO5. The molecule has 0 bridgehead atoms. The van der Waals surface area contributed by atoms with Crippen LogP contribution in [0.5, 0.6) is 5.75 Å². The minimum Gasteiger partial charge on any atom is -0.508 e. The van der Waals surface area contributed by atoms with E-state index in [-0.39, 0.29) is 24.3 Å². The molecule has 0 saturated carbocycles. The number of phenolic OH excluding ortho intramolecular Hbond substituents is 1. The van der Waals surface area contributed by atoms with Crippen LogP contribution in [0.2, 0.25) is 0 Å². The number of aryl methyl sites for hydroxylation is 1.